The van der Waals surface area contributed by atoms with Crippen molar-refractivity contribution >= 4 is 11.6 Å². The molecule has 1 amide bonds. The molecule has 0 aromatic heterocycles. The molecule has 0 aliphatic heterocycles. The number of nitrogens with one attached hydrogen (secondary N) is 1. The predicted molar refractivity (Wildman–Crippen MR) is 110 cm³/mol. The van der Waals surface area contributed by atoms with Gasteiger partial charge in [0.05, 0.1) is 5.71 Å². The second-order valence-electron chi connectivity index (χ2n) is 7.22. The van der Waals surface area contributed by atoms with E-state index in [9.17, 15) is 4.79 Å². The van der Waals surface area contributed by atoms with Crippen molar-refractivity contribution < 1.29 is 9.63 Å². The maximum atomic E-state index is 12.4. The van der Waals surface area contributed by atoms with E-state index in [1.807, 2.05) is 37.3 Å². The van der Waals surface area contributed by atoms with E-state index in [0.29, 0.717) is 18.2 Å². The van der Waals surface area contributed by atoms with Crippen molar-refractivity contribution in [3.63, 3.8) is 0 Å². The predicted octanol–water partition coefficient (Wildman–Crippen LogP) is 5.09. The molecular weight excluding hydrogens is 336 g/mol. The lowest BCUT2D eigenvalue weighted by Gasteiger charge is -2.11. The summed E-state index contributed by atoms with van der Waals surface area (Å²) in [6.07, 6.45) is 4.27. The molecule has 0 radical (unpaired) electrons. The molecule has 1 N–H and O–H groups in total. The third-order valence-corrected chi connectivity index (χ3v) is 4.79. The highest BCUT2D eigenvalue weighted by atomic mass is 16.6. The first-order valence-corrected chi connectivity index (χ1v) is 9.77. The number of benzene rings is 2. The smallest absolute Gasteiger partial charge is 0.251 e. The number of amides is 1. The van der Waals surface area contributed by atoms with Crippen LogP contribution in [-0.2, 0) is 4.84 Å². The lowest BCUT2D eigenvalue weighted by atomic mass is 9.96. The van der Waals surface area contributed by atoms with E-state index in [0.717, 1.165) is 53.6 Å². The minimum absolute atomic E-state index is 0.0111. The minimum atomic E-state index is 0.0111. The highest BCUT2D eigenvalue weighted by Crippen LogP contribution is 2.26. The molecule has 142 valence electrons. The summed E-state index contributed by atoms with van der Waals surface area (Å²) in [4.78, 5) is 17.8. The molecule has 0 heterocycles. The van der Waals surface area contributed by atoms with E-state index in [4.69, 9.17) is 4.84 Å². The molecule has 0 bridgehead atoms. The Labute approximate surface area is 161 Å². The highest BCUT2D eigenvalue weighted by molar-refractivity contribution is 6.00. The van der Waals surface area contributed by atoms with Crippen molar-refractivity contribution in [2.24, 2.45) is 5.16 Å². The van der Waals surface area contributed by atoms with Crippen molar-refractivity contribution in [2.75, 3.05) is 6.61 Å². The molecule has 4 heteroatoms. The number of nitrogens with zero attached hydrogens (tertiary/aromatic N) is 1. The SMILES string of the molecule is CCCCON=C(C)c1cccc(-c2cc(C(=O)NC3CC3)ccc2C)c1. The van der Waals surface area contributed by atoms with Crippen molar-refractivity contribution in [2.45, 2.75) is 52.5 Å². The molecule has 27 heavy (non-hydrogen) atoms. The van der Waals surface area contributed by atoms with Gasteiger partial charge in [0.1, 0.15) is 6.61 Å². The normalized spacial score (nSPS) is 14.1. The van der Waals surface area contributed by atoms with Gasteiger partial charge >= 0.3 is 0 Å². The number of oxime groups is 1. The van der Waals surface area contributed by atoms with Crippen molar-refractivity contribution in [3.05, 3.63) is 59.2 Å². The number of unbranched alkanes of at least 4 members (excludes halogenated alkanes) is 1. The Morgan fingerprint density at radius 2 is 2.00 bits per heavy atom. The van der Waals surface area contributed by atoms with Crippen LogP contribution >= 0.6 is 0 Å². The molecule has 1 fully saturated rings. The fraction of sp³-hybridized carbons (Fsp3) is 0.391. The fourth-order valence-corrected chi connectivity index (χ4v) is 2.89. The summed E-state index contributed by atoms with van der Waals surface area (Å²) in [7, 11) is 0. The molecule has 4 nitrogen and oxygen atoms in total. The van der Waals surface area contributed by atoms with Gasteiger partial charge in [-0.2, -0.15) is 0 Å². The first-order chi connectivity index (χ1) is 13.1. The molecule has 0 spiro atoms. The van der Waals surface area contributed by atoms with E-state index >= 15 is 0 Å². The summed E-state index contributed by atoms with van der Waals surface area (Å²) in [5.41, 5.74) is 5.88. The summed E-state index contributed by atoms with van der Waals surface area (Å²) in [6.45, 7) is 6.80. The number of hydrogen-bond acceptors (Lipinski definition) is 3. The maximum Gasteiger partial charge on any atom is 0.251 e. The van der Waals surface area contributed by atoms with Crippen molar-refractivity contribution in [1.82, 2.24) is 5.32 Å². The molecule has 0 atom stereocenters. The Balaban J connectivity index is 1.82. The summed E-state index contributed by atoms with van der Waals surface area (Å²) in [5.74, 6) is 0.0111. The van der Waals surface area contributed by atoms with Gasteiger partial charge in [0.15, 0.2) is 0 Å². The average Bonchev–Trinajstić information content (AvgIpc) is 3.49. The van der Waals surface area contributed by atoms with Gasteiger partial charge in [-0.25, -0.2) is 0 Å². The van der Waals surface area contributed by atoms with Crippen LogP contribution in [-0.4, -0.2) is 24.3 Å². The monoisotopic (exact) mass is 364 g/mol. The second-order valence-corrected chi connectivity index (χ2v) is 7.22. The minimum Gasteiger partial charge on any atom is -0.396 e. The van der Waals surface area contributed by atoms with Crippen LogP contribution < -0.4 is 5.32 Å². The number of hydrogen-bond donors (Lipinski definition) is 1. The van der Waals surface area contributed by atoms with Crippen molar-refractivity contribution in [1.29, 1.82) is 0 Å². The van der Waals surface area contributed by atoms with E-state index in [1.165, 1.54) is 0 Å². The molecule has 1 saturated carbocycles. The summed E-state index contributed by atoms with van der Waals surface area (Å²) >= 11 is 0. The summed E-state index contributed by atoms with van der Waals surface area (Å²) in [6, 6.07) is 14.5. The summed E-state index contributed by atoms with van der Waals surface area (Å²) in [5, 5.41) is 7.28. The fourth-order valence-electron chi connectivity index (χ4n) is 2.89. The molecule has 2 aromatic carbocycles. The Morgan fingerprint density at radius 3 is 2.74 bits per heavy atom. The first-order valence-electron chi connectivity index (χ1n) is 9.77. The molecule has 1 aliphatic carbocycles. The van der Waals surface area contributed by atoms with Gasteiger partial charge in [0.2, 0.25) is 0 Å². The van der Waals surface area contributed by atoms with Gasteiger partial charge in [-0.05, 0) is 73.6 Å². The third-order valence-electron chi connectivity index (χ3n) is 4.79. The van der Waals surface area contributed by atoms with Crippen LogP contribution in [0.5, 0.6) is 0 Å². The van der Waals surface area contributed by atoms with E-state index in [1.54, 1.807) is 0 Å². The van der Waals surface area contributed by atoms with Gasteiger partial charge in [-0.15, -0.1) is 0 Å². The molecular formula is C23H28N2O2. The van der Waals surface area contributed by atoms with E-state index < -0.39 is 0 Å². The van der Waals surface area contributed by atoms with Crippen LogP contribution in [0.4, 0.5) is 0 Å². The van der Waals surface area contributed by atoms with Crippen molar-refractivity contribution in [3.8, 4) is 11.1 Å². The molecule has 0 saturated heterocycles. The Kier molecular flexibility index (Phi) is 6.28. The zero-order chi connectivity index (χ0) is 19.2. The molecule has 0 unspecified atom stereocenters. The van der Waals surface area contributed by atoms with Crippen LogP contribution in [0.15, 0.2) is 47.6 Å². The zero-order valence-electron chi connectivity index (χ0n) is 16.4. The van der Waals surface area contributed by atoms with E-state index in [-0.39, 0.29) is 5.91 Å². The molecule has 3 rings (SSSR count). The van der Waals surface area contributed by atoms with Crippen LogP contribution in [0.3, 0.4) is 0 Å². The lowest BCUT2D eigenvalue weighted by molar-refractivity contribution is 0.0951. The van der Waals surface area contributed by atoms with Gasteiger partial charge in [0, 0.05) is 11.6 Å². The Bertz CT molecular complexity index is 838. The third kappa shape index (κ3) is 5.19. The number of carbonyl (C=O) groups excluding carboxylic acids is 1. The summed E-state index contributed by atoms with van der Waals surface area (Å²) < 4.78 is 0. The van der Waals surface area contributed by atoms with Gasteiger partial charge < -0.3 is 10.2 Å². The van der Waals surface area contributed by atoms with Crippen LogP contribution in [0.2, 0.25) is 0 Å². The molecule has 1 aliphatic rings. The second kappa shape index (κ2) is 8.85. The zero-order valence-corrected chi connectivity index (χ0v) is 16.4. The Hall–Kier alpha value is -2.62. The number of carbonyl (C=O) groups is 1. The topological polar surface area (TPSA) is 50.7 Å². The van der Waals surface area contributed by atoms with Gasteiger partial charge in [-0.3, -0.25) is 4.79 Å². The highest BCUT2D eigenvalue weighted by Gasteiger charge is 2.24. The van der Waals surface area contributed by atoms with Gasteiger partial charge in [-0.1, -0.05) is 42.8 Å². The Morgan fingerprint density at radius 1 is 1.19 bits per heavy atom. The van der Waals surface area contributed by atoms with Gasteiger partial charge in [0.25, 0.3) is 5.91 Å². The standard InChI is InChI=1S/C23H28N2O2/c1-4-5-13-27-25-17(3)18-7-6-8-19(14-18)22-15-20(10-9-16(22)2)23(26)24-21-11-12-21/h6-10,14-15,21H,4-5,11-13H2,1-3H3,(H,24,26). The van der Waals surface area contributed by atoms with Crippen LogP contribution in [0.25, 0.3) is 11.1 Å². The first kappa shape index (κ1) is 19.2. The van der Waals surface area contributed by atoms with E-state index in [2.05, 4.69) is 36.5 Å². The van der Waals surface area contributed by atoms with Crippen LogP contribution in [0.1, 0.15) is 61.0 Å². The molecule has 2 aromatic rings. The average molecular weight is 364 g/mol. The maximum absolute atomic E-state index is 12.4. The lowest BCUT2D eigenvalue weighted by Crippen LogP contribution is -2.25. The number of aryl methyl sites for hydroxylation is 1. The van der Waals surface area contributed by atoms with Crippen LogP contribution in [0, 0.1) is 6.92 Å². The largest absolute Gasteiger partial charge is 0.396 e. The number of rotatable bonds is 8. The quantitative estimate of drug-likeness (QED) is 0.403.